The van der Waals surface area contributed by atoms with Gasteiger partial charge in [0.2, 0.25) is 5.75 Å². The predicted molar refractivity (Wildman–Crippen MR) is 90.0 cm³/mol. The van der Waals surface area contributed by atoms with Gasteiger partial charge in [0.1, 0.15) is 19.0 Å². The summed E-state index contributed by atoms with van der Waals surface area (Å²) in [4.78, 5) is 24.6. The van der Waals surface area contributed by atoms with Crippen LogP contribution in [0.2, 0.25) is 0 Å². The van der Waals surface area contributed by atoms with Crippen LogP contribution in [0.1, 0.15) is 33.6 Å². The number of ether oxygens (including phenoxy) is 3. The Kier molecular flexibility index (Phi) is 4.88. The number of phenols is 1. The maximum absolute atomic E-state index is 12.4. The topological polar surface area (TPSA) is 82.1 Å². The molecule has 1 aliphatic heterocycles. The van der Waals surface area contributed by atoms with Crippen molar-refractivity contribution in [3.05, 3.63) is 47.5 Å². The van der Waals surface area contributed by atoms with Gasteiger partial charge in [0.05, 0.1) is 12.7 Å². The van der Waals surface area contributed by atoms with Gasteiger partial charge in [-0.05, 0) is 24.3 Å². The van der Waals surface area contributed by atoms with Crippen molar-refractivity contribution in [2.24, 2.45) is 0 Å². The molecule has 0 fully saturated rings. The van der Waals surface area contributed by atoms with E-state index >= 15 is 0 Å². The van der Waals surface area contributed by atoms with Gasteiger partial charge in [-0.3, -0.25) is 9.59 Å². The monoisotopic (exact) mass is 342 g/mol. The molecule has 0 atom stereocenters. The van der Waals surface area contributed by atoms with Crippen LogP contribution in [-0.4, -0.2) is 37.0 Å². The van der Waals surface area contributed by atoms with Gasteiger partial charge < -0.3 is 19.3 Å². The number of carbonyl (C=O) groups is 2. The molecule has 2 aromatic rings. The molecule has 0 aliphatic carbocycles. The van der Waals surface area contributed by atoms with E-state index in [0.29, 0.717) is 30.3 Å². The molecule has 0 aromatic heterocycles. The van der Waals surface area contributed by atoms with Crippen molar-refractivity contribution in [3.8, 4) is 23.0 Å². The number of phenolic OH excluding ortho intramolecular Hbond substituents is 1. The predicted octanol–water partition coefficient (Wildman–Crippen LogP) is 3.02. The van der Waals surface area contributed by atoms with Gasteiger partial charge in [-0.15, -0.1) is 0 Å². The van der Waals surface area contributed by atoms with Crippen LogP contribution in [0.25, 0.3) is 0 Å². The normalized spacial score (nSPS) is 12.5. The van der Waals surface area contributed by atoms with Crippen LogP contribution in [-0.2, 0) is 0 Å². The van der Waals surface area contributed by atoms with Gasteiger partial charge in [0.25, 0.3) is 0 Å². The summed E-state index contributed by atoms with van der Waals surface area (Å²) in [5.41, 5.74) is 0.612. The Morgan fingerprint density at radius 3 is 2.64 bits per heavy atom. The van der Waals surface area contributed by atoms with Crippen molar-refractivity contribution in [1.29, 1.82) is 0 Å². The number of benzene rings is 2. The Hall–Kier alpha value is -3.02. The van der Waals surface area contributed by atoms with Crippen LogP contribution in [0, 0.1) is 0 Å². The van der Waals surface area contributed by atoms with Crippen molar-refractivity contribution in [2.75, 3.05) is 20.3 Å². The lowest BCUT2D eigenvalue weighted by molar-refractivity contribution is 0.0914. The van der Waals surface area contributed by atoms with Crippen molar-refractivity contribution >= 4 is 11.6 Å². The van der Waals surface area contributed by atoms with Gasteiger partial charge in [0.15, 0.2) is 23.1 Å². The zero-order chi connectivity index (χ0) is 17.8. The third-order valence-electron chi connectivity index (χ3n) is 3.95. The summed E-state index contributed by atoms with van der Waals surface area (Å²) in [6.45, 7) is 0.710. The van der Waals surface area contributed by atoms with Crippen LogP contribution in [0.4, 0.5) is 0 Å². The second-order valence-electron chi connectivity index (χ2n) is 5.56. The molecular weight excluding hydrogens is 324 g/mol. The first kappa shape index (κ1) is 16.8. The molecule has 0 amide bonds. The number of ketones is 2. The van der Waals surface area contributed by atoms with Gasteiger partial charge in [-0.1, -0.05) is 12.1 Å². The first-order valence-corrected chi connectivity index (χ1v) is 7.92. The molecule has 0 saturated carbocycles. The number of Topliss-reactive ketones (excluding diaryl/α,β-unsaturated/α-hetero) is 2. The number of hydrogen-bond acceptors (Lipinski definition) is 6. The first-order valence-electron chi connectivity index (χ1n) is 7.92. The molecule has 0 radical (unpaired) electrons. The Bertz CT molecular complexity index is 812. The number of rotatable bonds is 6. The lowest BCUT2D eigenvalue weighted by atomic mass is 10.0. The zero-order valence-electron chi connectivity index (χ0n) is 13.8. The molecule has 6 nitrogen and oxygen atoms in total. The molecule has 1 aliphatic rings. The van der Waals surface area contributed by atoms with Gasteiger partial charge >= 0.3 is 0 Å². The number of hydrogen-bond donors (Lipinski definition) is 1. The summed E-state index contributed by atoms with van der Waals surface area (Å²) in [5.74, 6) is 0.441. The molecule has 1 heterocycles. The largest absolute Gasteiger partial charge is 0.504 e. The Morgan fingerprint density at radius 1 is 1.08 bits per heavy atom. The fraction of sp³-hybridized carbons (Fsp3) is 0.263. The molecule has 0 unspecified atom stereocenters. The molecule has 1 N–H and O–H groups in total. The van der Waals surface area contributed by atoms with Gasteiger partial charge in [0, 0.05) is 18.4 Å². The second-order valence-corrected chi connectivity index (χ2v) is 5.56. The third-order valence-corrected chi connectivity index (χ3v) is 3.95. The lowest BCUT2D eigenvalue weighted by Gasteiger charge is -2.20. The average Bonchev–Trinajstić information content (AvgIpc) is 2.66. The van der Waals surface area contributed by atoms with E-state index in [2.05, 4.69) is 0 Å². The van der Waals surface area contributed by atoms with E-state index in [1.54, 1.807) is 30.3 Å². The number of carbonyl (C=O) groups excluding carboxylic acids is 2. The summed E-state index contributed by atoms with van der Waals surface area (Å²) in [6, 6.07) is 9.85. The quantitative estimate of drug-likeness (QED) is 0.813. The number of aromatic hydroxyl groups is 1. The van der Waals surface area contributed by atoms with Crippen LogP contribution >= 0.6 is 0 Å². The highest BCUT2D eigenvalue weighted by Gasteiger charge is 2.22. The number of methoxy groups -OCH3 is 1. The molecule has 6 heteroatoms. The fourth-order valence-corrected chi connectivity index (χ4v) is 2.63. The smallest absolute Gasteiger partial charge is 0.204 e. The lowest BCUT2D eigenvalue weighted by Crippen LogP contribution is -2.16. The van der Waals surface area contributed by atoms with E-state index in [0.717, 1.165) is 0 Å². The van der Waals surface area contributed by atoms with Gasteiger partial charge in [-0.2, -0.15) is 0 Å². The van der Waals surface area contributed by atoms with Crippen LogP contribution in [0.5, 0.6) is 23.0 Å². The van der Waals surface area contributed by atoms with Gasteiger partial charge in [-0.25, -0.2) is 0 Å². The third kappa shape index (κ3) is 3.57. The minimum absolute atomic E-state index is 0.0107. The van der Waals surface area contributed by atoms with E-state index in [4.69, 9.17) is 14.2 Å². The molecule has 0 bridgehead atoms. The molecule has 25 heavy (non-hydrogen) atoms. The van der Waals surface area contributed by atoms with Crippen molar-refractivity contribution in [2.45, 2.75) is 12.8 Å². The molecule has 2 aromatic carbocycles. The van der Waals surface area contributed by atoms with Crippen molar-refractivity contribution in [3.63, 3.8) is 0 Å². The minimum Gasteiger partial charge on any atom is -0.504 e. The van der Waals surface area contributed by atoms with Crippen LogP contribution in [0.3, 0.4) is 0 Å². The van der Waals surface area contributed by atoms with E-state index in [1.165, 1.54) is 13.2 Å². The van der Waals surface area contributed by atoms with E-state index in [-0.39, 0.29) is 41.5 Å². The highest BCUT2D eigenvalue weighted by Crippen LogP contribution is 2.41. The Labute approximate surface area is 144 Å². The highest BCUT2D eigenvalue weighted by atomic mass is 16.6. The summed E-state index contributed by atoms with van der Waals surface area (Å²) >= 11 is 0. The molecule has 130 valence electrons. The molecule has 0 spiro atoms. The Balaban J connectivity index is 1.69. The SMILES string of the molecule is COc1cccc(C(=O)CCC(=O)c2ccc3c(c2O)OCCO3)c1. The second kappa shape index (κ2) is 7.25. The molecule has 3 rings (SSSR count). The summed E-state index contributed by atoms with van der Waals surface area (Å²) in [6.07, 6.45) is 0.0309. The van der Waals surface area contributed by atoms with E-state index in [9.17, 15) is 14.7 Å². The van der Waals surface area contributed by atoms with Crippen molar-refractivity contribution < 1.29 is 28.9 Å². The highest BCUT2D eigenvalue weighted by molar-refractivity contribution is 6.04. The first-order chi connectivity index (χ1) is 12.1. The summed E-state index contributed by atoms with van der Waals surface area (Å²) < 4.78 is 15.8. The molecular formula is C19H18O6. The maximum atomic E-state index is 12.4. The Morgan fingerprint density at radius 2 is 1.84 bits per heavy atom. The minimum atomic E-state index is -0.328. The molecule has 0 saturated heterocycles. The van der Waals surface area contributed by atoms with Crippen molar-refractivity contribution in [1.82, 2.24) is 0 Å². The fourth-order valence-electron chi connectivity index (χ4n) is 2.63. The zero-order valence-corrected chi connectivity index (χ0v) is 13.8. The maximum Gasteiger partial charge on any atom is 0.204 e. The average molecular weight is 342 g/mol. The van der Waals surface area contributed by atoms with E-state index < -0.39 is 0 Å². The van der Waals surface area contributed by atoms with Crippen LogP contribution in [0.15, 0.2) is 36.4 Å². The summed E-state index contributed by atoms with van der Waals surface area (Å²) in [5, 5.41) is 10.2. The van der Waals surface area contributed by atoms with E-state index in [1.807, 2.05) is 0 Å². The summed E-state index contributed by atoms with van der Waals surface area (Å²) in [7, 11) is 1.53. The standard InChI is InChI=1S/C19H18O6/c1-23-13-4-2-3-12(11-13)15(20)6-7-16(21)14-5-8-17-19(18(14)22)25-10-9-24-17/h2-5,8,11,22H,6-7,9-10H2,1H3. The van der Waals surface area contributed by atoms with Crippen LogP contribution < -0.4 is 14.2 Å². The number of fused-ring (bicyclic) bond motifs is 1.